The van der Waals surface area contributed by atoms with Crippen LogP contribution in [-0.4, -0.2) is 41.3 Å². The van der Waals surface area contributed by atoms with Crippen molar-refractivity contribution in [3.8, 4) is 0 Å². The number of nitrogen functional groups attached to an aromatic ring is 1. The molecule has 1 aliphatic rings. The van der Waals surface area contributed by atoms with E-state index in [1.165, 1.54) is 11.0 Å². The zero-order valence-electron chi connectivity index (χ0n) is 9.73. The second kappa shape index (κ2) is 4.81. The Hall–Kier alpha value is -1.83. The molecular weight excluding hydrogens is 244 g/mol. The SMILES string of the molecule is Cc1cc(C(=O)NN)nc(N2C[C@@H](F)[C@@H](F)C2)n1. The fraction of sp³-hybridized carbons (Fsp3) is 0.500. The number of nitrogens with two attached hydrogens (primary N) is 1. The monoisotopic (exact) mass is 257 g/mol. The number of nitrogens with zero attached hydrogens (tertiary/aromatic N) is 3. The molecule has 0 aliphatic carbocycles. The highest BCUT2D eigenvalue weighted by molar-refractivity contribution is 5.92. The van der Waals surface area contributed by atoms with Gasteiger partial charge in [0.15, 0.2) is 12.3 Å². The first kappa shape index (κ1) is 12.6. The number of hydrazine groups is 1. The molecule has 0 aromatic carbocycles. The third kappa shape index (κ3) is 2.37. The van der Waals surface area contributed by atoms with Crippen molar-refractivity contribution in [1.29, 1.82) is 0 Å². The van der Waals surface area contributed by atoms with E-state index in [0.29, 0.717) is 5.69 Å². The number of hydrogen-bond acceptors (Lipinski definition) is 5. The van der Waals surface area contributed by atoms with E-state index in [9.17, 15) is 13.6 Å². The maximum Gasteiger partial charge on any atom is 0.283 e. The number of halogens is 2. The molecule has 18 heavy (non-hydrogen) atoms. The lowest BCUT2D eigenvalue weighted by Crippen LogP contribution is -2.32. The minimum absolute atomic E-state index is 0.0673. The quantitative estimate of drug-likeness (QED) is 0.438. The van der Waals surface area contributed by atoms with Crippen molar-refractivity contribution < 1.29 is 13.6 Å². The summed E-state index contributed by atoms with van der Waals surface area (Å²) in [4.78, 5) is 20.7. The molecule has 1 saturated heterocycles. The standard InChI is InChI=1S/C10H13F2N5O/c1-5-2-8(9(18)16-13)15-10(14-5)17-3-6(11)7(12)4-17/h2,6-7H,3-4,13H2,1H3,(H,16,18)/t6-,7+. The van der Waals surface area contributed by atoms with Crippen LogP contribution in [0.4, 0.5) is 14.7 Å². The lowest BCUT2D eigenvalue weighted by Gasteiger charge is -2.15. The third-order valence-corrected chi connectivity index (χ3v) is 2.67. The van der Waals surface area contributed by atoms with Crippen molar-refractivity contribution >= 4 is 11.9 Å². The highest BCUT2D eigenvalue weighted by Gasteiger charge is 2.34. The van der Waals surface area contributed by atoms with Crippen molar-refractivity contribution in [3.05, 3.63) is 17.5 Å². The molecule has 2 heterocycles. The number of amides is 1. The van der Waals surface area contributed by atoms with Crippen LogP contribution < -0.4 is 16.2 Å². The summed E-state index contributed by atoms with van der Waals surface area (Å²) in [5.74, 6) is 4.57. The number of nitrogens with one attached hydrogen (secondary N) is 1. The number of rotatable bonds is 2. The average Bonchev–Trinajstić information content (AvgIpc) is 2.68. The van der Waals surface area contributed by atoms with E-state index in [-0.39, 0.29) is 24.7 Å². The predicted octanol–water partition coefficient (Wildman–Crippen LogP) is -0.115. The molecule has 1 aromatic rings. The first-order valence-corrected chi connectivity index (χ1v) is 5.41. The summed E-state index contributed by atoms with van der Waals surface area (Å²) in [5, 5.41) is 0. The van der Waals surface area contributed by atoms with Gasteiger partial charge in [-0.3, -0.25) is 10.2 Å². The molecule has 6 nitrogen and oxygen atoms in total. The van der Waals surface area contributed by atoms with E-state index in [0.717, 1.165) is 0 Å². The highest BCUT2D eigenvalue weighted by atomic mass is 19.2. The van der Waals surface area contributed by atoms with Gasteiger partial charge in [-0.15, -0.1) is 0 Å². The summed E-state index contributed by atoms with van der Waals surface area (Å²) >= 11 is 0. The predicted molar refractivity (Wildman–Crippen MR) is 60.4 cm³/mol. The van der Waals surface area contributed by atoms with Crippen LogP contribution in [0, 0.1) is 6.92 Å². The van der Waals surface area contributed by atoms with Gasteiger partial charge < -0.3 is 4.90 Å². The first-order valence-electron chi connectivity index (χ1n) is 5.41. The molecular formula is C10H13F2N5O. The molecule has 1 amide bonds. The van der Waals surface area contributed by atoms with E-state index in [1.54, 1.807) is 6.92 Å². The first-order chi connectivity index (χ1) is 8.51. The Bertz CT molecular complexity index is 460. The Balaban J connectivity index is 2.28. The van der Waals surface area contributed by atoms with Crippen LogP contribution in [0.15, 0.2) is 6.07 Å². The highest BCUT2D eigenvalue weighted by Crippen LogP contribution is 2.21. The van der Waals surface area contributed by atoms with Gasteiger partial charge in [-0.25, -0.2) is 24.6 Å². The molecule has 0 radical (unpaired) electrons. The summed E-state index contributed by atoms with van der Waals surface area (Å²) in [6, 6.07) is 1.45. The van der Waals surface area contributed by atoms with Crippen LogP contribution >= 0.6 is 0 Å². The molecule has 0 bridgehead atoms. The van der Waals surface area contributed by atoms with Gasteiger partial charge in [0.2, 0.25) is 5.95 Å². The van der Waals surface area contributed by atoms with Crippen molar-refractivity contribution in [1.82, 2.24) is 15.4 Å². The van der Waals surface area contributed by atoms with Crippen molar-refractivity contribution in [2.24, 2.45) is 5.84 Å². The molecule has 8 heteroatoms. The second-order valence-electron chi connectivity index (χ2n) is 4.10. The van der Waals surface area contributed by atoms with Crippen LogP contribution in [0.3, 0.4) is 0 Å². The lowest BCUT2D eigenvalue weighted by molar-refractivity contribution is 0.0948. The van der Waals surface area contributed by atoms with Gasteiger partial charge in [-0.05, 0) is 13.0 Å². The summed E-state index contributed by atoms with van der Waals surface area (Å²) < 4.78 is 26.2. The molecule has 0 spiro atoms. The smallest absolute Gasteiger partial charge is 0.283 e. The normalized spacial score (nSPS) is 23.2. The van der Waals surface area contributed by atoms with Gasteiger partial charge >= 0.3 is 0 Å². The molecule has 3 N–H and O–H groups in total. The lowest BCUT2D eigenvalue weighted by atomic mass is 10.3. The minimum Gasteiger partial charge on any atom is -0.335 e. The van der Waals surface area contributed by atoms with Gasteiger partial charge in [-0.1, -0.05) is 0 Å². The summed E-state index contributed by atoms with van der Waals surface area (Å²) in [6.45, 7) is 1.43. The summed E-state index contributed by atoms with van der Waals surface area (Å²) in [7, 11) is 0. The number of hydrogen-bond donors (Lipinski definition) is 2. The van der Waals surface area contributed by atoms with E-state index in [4.69, 9.17) is 5.84 Å². The van der Waals surface area contributed by atoms with Gasteiger partial charge in [0.25, 0.3) is 5.91 Å². The maximum atomic E-state index is 13.1. The van der Waals surface area contributed by atoms with Crippen LogP contribution in [0.1, 0.15) is 16.2 Å². The van der Waals surface area contributed by atoms with Crippen molar-refractivity contribution in [3.63, 3.8) is 0 Å². The van der Waals surface area contributed by atoms with Crippen LogP contribution in [0.5, 0.6) is 0 Å². The third-order valence-electron chi connectivity index (χ3n) is 2.67. The topological polar surface area (TPSA) is 84.1 Å². The number of alkyl halides is 2. The summed E-state index contributed by atoms with van der Waals surface area (Å²) in [6.07, 6.45) is -3.11. The fourth-order valence-electron chi connectivity index (χ4n) is 1.77. The Morgan fingerprint density at radius 2 is 2.06 bits per heavy atom. The molecule has 0 unspecified atom stereocenters. The molecule has 0 saturated carbocycles. The summed E-state index contributed by atoms with van der Waals surface area (Å²) in [5.41, 5.74) is 2.54. The Morgan fingerprint density at radius 3 is 2.61 bits per heavy atom. The largest absolute Gasteiger partial charge is 0.335 e. The van der Waals surface area contributed by atoms with Crippen LogP contribution in [0.25, 0.3) is 0 Å². The van der Waals surface area contributed by atoms with Gasteiger partial charge in [-0.2, -0.15) is 0 Å². The number of carbonyl (C=O) groups excluding carboxylic acids is 1. The number of anilines is 1. The fourth-order valence-corrected chi connectivity index (χ4v) is 1.77. The Morgan fingerprint density at radius 1 is 1.44 bits per heavy atom. The number of carbonyl (C=O) groups is 1. The van der Waals surface area contributed by atoms with E-state index in [1.807, 2.05) is 5.43 Å². The zero-order valence-corrected chi connectivity index (χ0v) is 9.73. The van der Waals surface area contributed by atoms with Crippen LogP contribution in [-0.2, 0) is 0 Å². The number of aryl methyl sites for hydroxylation is 1. The van der Waals surface area contributed by atoms with Gasteiger partial charge in [0.05, 0.1) is 13.1 Å². The molecule has 2 rings (SSSR count). The van der Waals surface area contributed by atoms with E-state index < -0.39 is 18.3 Å². The van der Waals surface area contributed by atoms with Gasteiger partial charge in [0, 0.05) is 5.69 Å². The van der Waals surface area contributed by atoms with Crippen LogP contribution in [0.2, 0.25) is 0 Å². The Labute approximate surface area is 102 Å². The average molecular weight is 257 g/mol. The van der Waals surface area contributed by atoms with Crippen molar-refractivity contribution in [2.75, 3.05) is 18.0 Å². The second-order valence-corrected chi connectivity index (χ2v) is 4.10. The molecule has 2 atom stereocenters. The van der Waals surface area contributed by atoms with E-state index in [2.05, 4.69) is 9.97 Å². The Kier molecular flexibility index (Phi) is 3.37. The molecule has 1 aromatic heterocycles. The number of aromatic nitrogens is 2. The minimum atomic E-state index is -1.55. The maximum absolute atomic E-state index is 13.1. The molecule has 98 valence electrons. The molecule has 1 aliphatic heterocycles. The molecule has 1 fully saturated rings. The zero-order chi connectivity index (χ0) is 13.3. The van der Waals surface area contributed by atoms with E-state index >= 15 is 0 Å². The van der Waals surface area contributed by atoms with Crippen molar-refractivity contribution in [2.45, 2.75) is 19.3 Å². The van der Waals surface area contributed by atoms with Gasteiger partial charge in [0.1, 0.15) is 5.69 Å².